The molecule has 0 saturated carbocycles. The van der Waals surface area contributed by atoms with Gasteiger partial charge in [0.15, 0.2) is 0 Å². The molecular weight excluding hydrogens is 198 g/mol. The van der Waals surface area contributed by atoms with Crippen LogP contribution in [0.15, 0.2) is 23.0 Å². The van der Waals surface area contributed by atoms with Crippen LogP contribution in [0.5, 0.6) is 0 Å². The molecule has 76 valence electrons. The summed E-state index contributed by atoms with van der Waals surface area (Å²) < 4.78 is 4.96. The van der Waals surface area contributed by atoms with Gasteiger partial charge < -0.3 is 9.32 Å². The van der Waals surface area contributed by atoms with Crippen molar-refractivity contribution in [3.05, 3.63) is 24.2 Å². The van der Waals surface area contributed by atoms with Crippen molar-refractivity contribution in [2.75, 3.05) is 12.3 Å². The first-order valence-corrected chi connectivity index (χ1v) is 5.32. The number of likely N-dealkylation sites (tertiary alicyclic amines) is 1. The van der Waals surface area contributed by atoms with Crippen LogP contribution < -0.4 is 0 Å². The minimum atomic E-state index is 0.227. The maximum atomic E-state index is 11.5. The molecule has 3 nitrogen and oxygen atoms in total. The molecule has 1 saturated heterocycles. The van der Waals surface area contributed by atoms with Gasteiger partial charge in [0.05, 0.1) is 12.5 Å². The molecule has 0 spiro atoms. The van der Waals surface area contributed by atoms with E-state index in [1.807, 2.05) is 11.0 Å². The molecule has 1 atom stereocenters. The maximum Gasteiger partial charge on any atom is 0.223 e. The SMILES string of the molecule is O=C1CC(CS)CN1Cc1ccoc1. The monoisotopic (exact) mass is 211 g/mol. The van der Waals surface area contributed by atoms with Crippen molar-refractivity contribution in [3.63, 3.8) is 0 Å². The Kier molecular flexibility index (Phi) is 2.82. The Hall–Kier alpha value is -0.900. The maximum absolute atomic E-state index is 11.5. The Morgan fingerprint density at radius 1 is 1.64 bits per heavy atom. The summed E-state index contributed by atoms with van der Waals surface area (Å²) >= 11 is 4.21. The van der Waals surface area contributed by atoms with Crippen LogP contribution in [0, 0.1) is 5.92 Å². The molecule has 2 heterocycles. The highest BCUT2D eigenvalue weighted by molar-refractivity contribution is 7.80. The van der Waals surface area contributed by atoms with Crippen molar-refractivity contribution in [2.45, 2.75) is 13.0 Å². The second-order valence-electron chi connectivity index (χ2n) is 3.66. The van der Waals surface area contributed by atoms with Crippen LogP contribution in [-0.4, -0.2) is 23.1 Å². The summed E-state index contributed by atoms with van der Waals surface area (Å²) in [6, 6.07) is 1.89. The predicted octanol–water partition coefficient (Wildman–Crippen LogP) is 1.56. The fraction of sp³-hybridized carbons (Fsp3) is 0.500. The van der Waals surface area contributed by atoms with E-state index in [-0.39, 0.29) is 5.91 Å². The average molecular weight is 211 g/mol. The van der Waals surface area contributed by atoms with Crippen molar-refractivity contribution in [3.8, 4) is 0 Å². The minimum Gasteiger partial charge on any atom is -0.472 e. The Labute approximate surface area is 88.5 Å². The largest absolute Gasteiger partial charge is 0.472 e. The third-order valence-electron chi connectivity index (χ3n) is 2.51. The number of nitrogens with zero attached hydrogens (tertiary/aromatic N) is 1. The number of furan rings is 1. The van der Waals surface area contributed by atoms with Crippen LogP contribution in [0.1, 0.15) is 12.0 Å². The number of thiol groups is 1. The minimum absolute atomic E-state index is 0.227. The standard InChI is InChI=1S/C10H13NO2S/c12-10-3-9(7-14)5-11(10)4-8-1-2-13-6-8/h1-2,6,9,14H,3-5,7H2. The molecule has 1 fully saturated rings. The Bertz CT molecular complexity index is 310. The molecule has 1 aliphatic rings. The zero-order valence-corrected chi connectivity index (χ0v) is 8.74. The van der Waals surface area contributed by atoms with Crippen LogP contribution >= 0.6 is 12.6 Å². The van der Waals surface area contributed by atoms with Gasteiger partial charge >= 0.3 is 0 Å². The molecule has 0 N–H and O–H groups in total. The van der Waals surface area contributed by atoms with Crippen molar-refractivity contribution < 1.29 is 9.21 Å². The second-order valence-corrected chi connectivity index (χ2v) is 4.02. The summed E-state index contributed by atoms with van der Waals surface area (Å²) in [5.41, 5.74) is 1.05. The van der Waals surface area contributed by atoms with E-state index in [9.17, 15) is 4.79 Å². The lowest BCUT2D eigenvalue weighted by molar-refractivity contribution is -0.128. The quantitative estimate of drug-likeness (QED) is 0.770. The van der Waals surface area contributed by atoms with Gasteiger partial charge in [-0.25, -0.2) is 0 Å². The lowest BCUT2D eigenvalue weighted by Gasteiger charge is -2.14. The molecule has 4 heteroatoms. The Morgan fingerprint density at radius 3 is 3.07 bits per heavy atom. The smallest absolute Gasteiger partial charge is 0.223 e. The highest BCUT2D eigenvalue weighted by Gasteiger charge is 2.28. The summed E-state index contributed by atoms with van der Waals surface area (Å²) in [5.74, 6) is 1.43. The molecule has 0 aliphatic carbocycles. The molecule has 2 rings (SSSR count). The van der Waals surface area contributed by atoms with Crippen LogP contribution in [0.3, 0.4) is 0 Å². The van der Waals surface area contributed by atoms with E-state index in [1.165, 1.54) is 0 Å². The zero-order chi connectivity index (χ0) is 9.97. The van der Waals surface area contributed by atoms with Crippen LogP contribution in [0.25, 0.3) is 0 Å². The molecular formula is C10H13NO2S. The number of hydrogen-bond donors (Lipinski definition) is 1. The Morgan fingerprint density at radius 2 is 2.50 bits per heavy atom. The van der Waals surface area contributed by atoms with E-state index in [1.54, 1.807) is 12.5 Å². The zero-order valence-electron chi connectivity index (χ0n) is 7.85. The van der Waals surface area contributed by atoms with Gasteiger partial charge in [-0.15, -0.1) is 0 Å². The topological polar surface area (TPSA) is 33.5 Å². The number of hydrogen-bond acceptors (Lipinski definition) is 3. The lowest BCUT2D eigenvalue weighted by Crippen LogP contribution is -2.24. The number of rotatable bonds is 3. The van der Waals surface area contributed by atoms with E-state index in [2.05, 4.69) is 12.6 Å². The van der Waals surface area contributed by atoms with Crippen molar-refractivity contribution >= 4 is 18.5 Å². The summed E-state index contributed by atoms with van der Waals surface area (Å²) in [6.45, 7) is 1.49. The number of carbonyl (C=O) groups is 1. The van der Waals surface area contributed by atoms with Gasteiger partial charge in [0.25, 0.3) is 0 Å². The fourth-order valence-electron chi connectivity index (χ4n) is 1.73. The highest BCUT2D eigenvalue weighted by atomic mass is 32.1. The van der Waals surface area contributed by atoms with Gasteiger partial charge in [0.1, 0.15) is 0 Å². The molecule has 1 amide bonds. The summed E-state index contributed by atoms with van der Waals surface area (Å²) in [4.78, 5) is 13.4. The summed E-state index contributed by atoms with van der Waals surface area (Å²) in [7, 11) is 0. The lowest BCUT2D eigenvalue weighted by atomic mass is 10.1. The van der Waals surface area contributed by atoms with Gasteiger partial charge in [-0.1, -0.05) is 0 Å². The van der Waals surface area contributed by atoms with Gasteiger partial charge in [0.2, 0.25) is 5.91 Å². The van der Waals surface area contributed by atoms with E-state index in [0.717, 1.165) is 17.9 Å². The molecule has 1 aliphatic heterocycles. The molecule has 0 aromatic carbocycles. The fourth-order valence-corrected chi connectivity index (χ4v) is 1.98. The molecule has 1 aromatic rings. The van der Waals surface area contributed by atoms with Crippen LogP contribution in [-0.2, 0) is 11.3 Å². The van der Waals surface area contributed by atoms with Crippen LogP contribution in [0.4, 0.5) is 0 Å². The van der Waals surface area contributed by atoms with E-state index < -0.39 is 0 Å². The summed E-state index contributed by atoms with van der Waals surface area (Å²) in [5, 5.41) is 0. The van der Waals surface area contributed by atoms with Gasteiger partial charge in [-0.2, -0.15) is 12.6 Å². The highest BCUT2D eigenvalue weighted by Crippen LogP contribution is 2.20. The average Bonchev–Trinajstić information content (AvgIpc) is 2.78. The number of amides is 1. The first kappa shape index (κ1) is 9.65. The first-order valence-electron chi connectivity index (χ1n) is 4.69. The third-order valence-corrected chi connectivity index (χ3v) is 3.02. The third kappa shape index (κ3) is 1.95. The predicted molar refractivity (Wildman–Crippen MR) is 56.1 cm³/mol. The molecule has 14 heavy (non-hydrogen) atoms. The van der Waals surface area contributed by atoms with Gasteiger partial charge in [-0.3, -0.25) is 4.79 Å². The normalized spacial score (nSPS) is 21.9. The van der Waals surface area contributed by atoms with Crippen molar-refractivity contribution in [1.29, 1.82) is 0 Å². The molecule has 0 radical (unpaired) electrons. The van der Waals surface area contributed by atoms with Crippen molar-refractivity contribution in [2.24, 2.45) is 5.92 Å². The molecule has 1 aromatic heterocycles. The summed E-state index contributed by atoms with van der Waals surface area (Å²) in [6.07, 6.45) is 3.95. The van der Waals surface area contributed by atoms with Gasteiger partial charge in [0, 0.05) is 25.1 Å². The van der Waals surface area contributed by atoms with E-state index >= 15 is 0 Å². The van der Waals surface area contributed by atoms with Gasteiger partial charge in [-0.05, 0) is 17.7 Å². The molecule has 0 bridgehead atoms. The first-order chi connectivity index (χ1) is 6.79. The number of carbonyl (C=O) groups excluding carboxylic acids is 1. The van der Waals surface area contributed by atoms with E-state index in [4.69, 9.17) is 4.42 Å². The van der Waals surface area contributed by atoms with Crippen molar-refractivity contribution in [1.82, 2.24) is 4.90 Å². The Balaban J connectivity index is 1.96. The molecule has 1 unspecified atom stereocenters. The second kappa shape index (κ2) is 4.09. The van der Waals surface area contributed by atoms with E-state index in [0.29, 0.717) is 18.9 Å². The van der Waals surface area contributed by atoms with Crippen LogP contribution in [0.2, 0.25) is 0 Å².